The van der Waals surface area contributed by atoms with Crippen molar-refractivity contribution in [3.63, 3.8) is 0 Å². The van der Waals surface area contributed by atoms with Crippen LogP contribution in [0.15, 0.2) is 146 Å². The second-order valence-electron chi connectivity index (χ2n) is 13.6. The van der Waals surface area contributed by atoms with Gasteiger partial charge in [-0.3, -0.25) is 23.7 Å². The molecule has 0 aliphatic rings. The molecule has 0 bridgehead atoms. The number of hydrogen-bond donors (Lipinski definition) is 3. The van der Waals surface area contributed by atoms with Gasteiger partial charge in [-0.15, -0.1) is 6.42 Å². The molecular formula is C45H38N8O9S2. The summed E-state index contributed by atoms with van der Waals surface area (Å²) in [4.78, 5) is 68.0. The van der Waals surface area contributed by atoms with Gasteiger partial charge in [0.25, 0.3) is 31.5 Å². The molecule has 324 valence electrons. The maximum Gasteiger partial charge on any atom is 0.309 e. The molecule has 3 N–H and O–H groups in total. The Morgan fingerprint density at radius 1 is 0.844 bits per heavy atom. The molecule has 0 fully saturated rings. The minimum absolute atomic E-state index is 0.0426. The van der Waals surface area contributed by atoms with Crippen molar-refractivity contribution in [1.82, 2.24) is 19.0 Å². The monoisotopic (exact) mass is 898 g/mol. The summed E-state index contributed by atoms with van der Waals surface area (Å²) < 4.78 is 64.1. The third-order valence-electron chi connectivity index (χ3n) is 9.01. The molecule has 64 heavy (non-hydrogen) atoms. The molecule has 5 aromatic carbocycles. The highest BCUT2D eigenvalue weighted by Gasteiger charge is 2.29. The van der Waals surface area contributed by atoms with E-state index in [1.807, 2.05) is 10.8 Å². The molecule has 19 heteroatoms. The number of terminal acetylenes is 1. The molecular weight excluding hydrogens is 861 g/mol. The van der Waals surface area contributed by atoms with Gasteiger partial charge in [0.1, 0.15) is 10.6 Å². The zero-order chi connectivity index (χ0) is 46.0. The maximum atomic E-state index is 15.0. The van der Waals surface area contributed by atoms with Gasteiger partial charge in [-0.05, 0) is 78.2 Å². The van der Waals surface area contributed by atoms with Crippen molar-refractivity contribution < 1.29 is 36.0 Å². The van der Waals surface area contributed by atoms with Crippen LogP contribution >= 0.6 is 0 Å². The van der Waals surface area contributed by atoms with Gasteiger partial charge in [-0.1, -0.05) is 67.6 Å². The Balaban J connectivity index is 1.62. The van der Waals surface area contributed by atoms with E-state index in [0.717, 1.165) is 22.8 Å². The fraction of sp³-hybridized carbons (Fsp3) is 0.0889. The number of rotatable bonds is 15. The third kappa shape index (κ3) is 10.8. The third-order valence-corrected chi connectivity index (χ3v) is 11.8. The second-order valence-corrected chi connectivity index (χ2v) is 17.0. The van der Waals surface area contributed by atoms with E-state index in [-0.39, 0.29) is 34.5 Å². The first-order chi connectivity index (χ1) is 30.6. The number of aliphatic imine (C=N–C) groups is 2. The van der Waals surface area contributed by atoms with E-state index >= 15 is 0 Å². The lowest BCUT2D eigenvalue weighted by atomic mass is 10.2. The fourth-order valence-corrected chi connectivity index (χ4v) is 7.95. The van der Waals surface area contributed by atoms with Gasteiger partial charge in [0.05, 0.1) is 32.9 Å². The first-order valence-corrected chi connectivity index (χ1v) is 22.0. The number of nitrogens with zero attached hydrogens (tertiary/aromatic N) is 5. The van der Waals surface area contributed by atoms with Crippen molar-refractivity contribution in [2.75, 3.05) is 24.3 Å². The van der Waals surface area contributed by atoms with E-state index in [4.69, 9.17) is 21.1 Å². The fourth-order valence-electron chi connectivity index (χ4n) is 5.81. The van der Waals surface area contributed by atoms with Gasteiger partial charge in [-0.2, -0.15) is 0 Å². The van der Waals surface area contributed by atoms with Crippen LogP contribution in [-0.4, -0.2) is 70.3 Å². The van der Waals surface area contributed by atoms with Gasteiger partial charge < -0.3 is 15.0 Å². The van der Waals surface area contributed by atoms with Crippen LogP contribution in [0.2, 0.25) is 0 Å². The average molecular weight is 899 g/mol. The first kappa shape index (κ1) is 45.3. The maximum absolute atomic E-state index is 15.0. The van der Waals surface area contributed by atoms with Crippen molar-refractivity contribution in [2.45, 2.75) is 23.1 Å². The van der Waals surface area contributed by atoms with Crippen molar-refractivity contribution in [1.29, 1.82) is 0 Å². The molecule has 0 unspecified atom stereocenters. The molecule has 1 heterocycles. The molecule has 0 aliphatic heterocycles. The molecule has 0 saturated carbocycles. The number of carbonyl (C=O) groups excluding carboxylic acids is 3. The summed E-state index contributed by atoms with van der Waals surface area (Å²) in [6.45, 7) is 1.40. The largest absolute Gasteiger partial charge is 0.446 e. The number of carbonyl (C=O) groups is 3. The Kier molecular flexibility index (Phi) is 13.9. The number of aromatic nitrogens is 2. The first-order valence-electron chi connectivity index (χ1n) is 19.0. The zero-order valence-electron chi connectivity index (χ0n) is 34.3. The standard InChI is InChI=1S/C45H38N8O9S2/c1-5-40(54)50-63(58,59)33-22-24-39(64(60,61)51-41(55)6-2)38(28-33)49-44(56)42(47-36-23-21-31(52(3)4)27-37(36)46-29-62-32-17-11-8-12-18-32)43-48-35-20-14-13-19-34(35)45(57)53(43)26-25-30-15-9-7-10-16-30/h1,7-29H,6H2,2-4H3,(H,49,56)(H,50,54)(H,51,55)/b26-25+,46-29+,47-42-. The molecule has 0 atom stereocenters. The van der Waals surface area contributed by atoms with Crippen molar-refractivity contribution in [2.24, 2.45) is 9.98 Å². The summed E-state index contributed by atoms with van der Waals surface area (Å²) >= 11 is 0. The van der Waals surface area contributed by atoms with E-state index in [2.05, 4.69) is 10.3 Å². The SMILES string of the molecule is C#CC(=O)NS(=O)(=O)c1ccc(S(=O)(=O)NC(=O)CC)c(NC(=O)/C(=N\c2ccc(N(C)C)cc2/N=C/Oc2ccccc2)c2nc3ccccc3c(=O)n2/C=C/c2ccccc2)c1. The summed E-state index contributed by atoms with van der Waals surface area (Å²) in [5.41, 5.74) is -0.176. The number of sulfonamides is 2. The van der Waals surface area contributed by atoms with Crippen molar-refractivity contribution in [3.8, 4) is 18.1 Å². The molecule has 0 spiro atoms. The summed E-state index contributed by atoms with van der Waals surface area (Å²) in [5, 5.41) is 2.60. The predicted molar refractivity (Wildman–Crippen MR) is 245 cm³/mol. The summed E-state index contributed by atoms with van der Waals surface area (Å²) in [7, 11) is -5.98. The topological polar surface area (TPSA) is 228 Å². The van der Waals surface area contributed by atoms with Crippen molar-refractivity contribution in [3.05, 3.63) is 143 Å². The normalized spacial score (nSPS) is 11.9. The lowest BCUT2D eigenvalue weighted by molar-refractivity contribution is -0.119. The van der Waals surface area contributed by atoms with Crippen LogP contribution in [0.4, 0.5) is 22.7 Å². The lowest BCUT2D eigenvalue weighted by Crippen LogP contribution is -2.34. The smallest absolute Gasteiger partial charge is 0.309 e. The van der Waals surface area contributed by atoms with E-state index < -0.39 is 64.5 Å². The Bertz CT molecular complexity index is 3200. The van der Waals surface area contributed by atoms with Crippen LogP contribution in [0.25, 0.3) is 23.2 Å². The second kappa shape index (κ2) is 19.7. The highest BCUT2D eigenvalue weighted by atomic mass is 32.2. The molecule has 0 radical (unpaired) electrons. The minimum Gasteiger partial charge on any atom is -0.446 e. The van der Waals surface area contributed by atoms with Crippen LogP contribution in [0.3, 0.4) is 0 Å². The van der Waals surface area contributed by atoms with Crippen LogP contribution in [0.1, 0.15) is 24.7 Å². The van der Waals surface area contributed by atoms with Crippen LogP contribution < -0.4 is 30.0 Å². The van der Waals surface area contributed by atoms with Crippen LogP contribution in [0.5, 0.6) is 5.75 Å². The van der Waals surface area contributed by atoms with E-state index in [0.29, 0.717) is 17.0 Å². The molecule has 17 nitrogen and oxygen atoms in total. The average Bonchev–Trinajstić information content (AvgIpc) is 3.28. The molecule has 6 rings (SSSR count). The Morgan fingerprint density at radius 3 is 2.22 bits per heavy atom. The number of amides is 3. The quantitative estimate of drug-likeness (QED) is 0.0686. The highest BCUT2D eigenvalue weighted by molar-refractivity contribution is 7.90. The summed E-state index contributed by atoms with van der Waals surface area (Å²) in [6, 6.07) is 31.3. The molecule has 6 aromatic rings. The van der Waals surface area contributed by atoms with Gasteiger partial charge in [-0.25, -0.2) is 41.2 Å². The molecule has 0 saturated heterocycles. The Morgan fingerprint density at radius 2 is 1.53 bits per heavy atom. The summed E-state index contributed by atoms with van der Waals surface area (Å²) in [6.07, 6.45) is 8.97. The van der Waals surface area contributed by atoms with Crippen molar-refractivity contribution >= 4 is 95.8 Å². The summed E-state index contributed by atoms with van der Waals surface area (Å²) in [5.74, 6) is -1.71. The number of benzene rings is 5. The number of ether oxygens (including phenoxy) is 1. The zero-order valence-corrected chi connectivity index (χ0v) is 35.9. The van der Waals surface area contributed by atoms with Gasteiger partial charge in [0.15, 0.2) is 17.9 Å². The van der Waals surface area contributed by atoms with Gasteiger partial charge >= 0.3 is 5.91 Å². The number of fused-ring (bicyclic) bond motifs is 1. The molecule has 1 aromatic heterocycles. The van der Waals surface area contributed by atoms with E-state index in [9.17, 15) is 36.0 Å². The number of nitrogens with one attached hydrogen (secondary N) is 3. The highest BCUT2D eigenvalue weighted by Crippen LogP contribution is 2.33. The van der Waals surface area contributed by atoms with E-state index in [1.54, 1.807) is 133 Å². The number of hydrogen-bond acceptors (Lipinski definition) is 13. The Hall–Kier alpha value is -8.21. The molecule has 0 aliphatic carbocycles. The van der Waals surface area contributed by atoms with Gasteiger partial charge in [0.2, 0.25) is 5.91 Å². The van der Waals surface area contributed by atoms with E-state index in [1.165, 1.54) is 19.5 Å². The molecule has 3 amide bonds. The Labute approximate surface area is 368 Å². The minimum atomic E-state index is -4.81. The number of anilines is 2. The van der Waals surface area contributed by atoms with Crippen LogP contribution in [-0.2, 0) is 34.4 Å². The lowest BCUT2D eigenvalue weighted by Gasteiger charge is -2.17. The predicted octanol–water partition coefficient (Wildman–Crippen LogP) is 5.24. The van der Waals surface area contributed by atoms with Gasteiger partial charge in [0, 0.05) is 32.4 Å². The number of para-hydroxylation sites is 2. The van der Waals surface area contributed by atoms with Crippen LogP contribution in [0, 0.1) is 12.3 Å².